The van der Waals surface area contributed by atoms with Gasteiger partial charge in [-0.3, -0.25) is 4.79 Å². The Hall–Kier alpha value is -2.55. The molecule has 0 saturated heterocycles. The largest absolute Gasteiger partial charge is 0.361 e. The van der Waals surface area contributed by atoms with Gasteiger partial charge in [0.05, 0.1) is 6.42 Å². The molecule has 1 amide bonds. The number of nitrogens with one attached hydrogen (secondary N) is 2. The van der Waals surface area contributed by atoms with E-state index in [1.807, 2.05) is 30.5 Å². The van der Waals surface area contributed by atoms with E-state index in [2.05, 4.69) is 41.5 Å². The summed E-state index contributed by atoms with van der Waals surface area (Å²) in [6.07, 6.45) is 3.20. The van der Waals surface area contributed by atoms with Crippen LogP contribution in [0.2, 0.25) is 0 Å². The third kappa shape index (κ3) is 3.55. The first-order valence-electron chi connectivity index (χ1n) is 7.59. The fraction of sp³-hybridized carbons (Fsp3) is 0.211. The van der Waals surface area contributed by atoms with E-state index >= 15 is 0 Å². The predicted octanol–water partition coefficient (Wildman–Crippen LogP) is 3.38. The molecule has 3 aromatic rings. The maximum atomic E-state index is 12.0. The molecule has 3 rings (SSSR count). The minimum Gasteiger partial charge on any atom is -0.361 e. The zero-order chi connectivity index (χ0) is 15.4. The predicted molar refractivity (Wildman–Crippen MR) is 89.9 cm³/mol. The Labute approximate surface area is 130 Å². The van der Waals surface area contributed by atoms with E-state index in [9.17, 15) is 4.79 Å². The highest BCUT2D eigenvalue weighted by atomic mass is 16.1. The third-order valence-electron chi connectivity index (χ3n) is 3.84. The molecule has 0 spiro atoms. The number of aromatic nitrogens is 1. The number of H-pyrrole nitrogens is 1. The van der Waals surface area contributed by atoms with Crippen molar-refractivity contribution < 1.29 is 4.79 Å². The number of hydrogen-bond acceptors (Lipinski definition) is 1. The normalized spacial score (nSPS) is 10.8. The molecule has 0 unspecified atom stereocenters. The second-order valence-electron chi connectivity index (χ2n) is 5.66. The van der Waals surface area contributed by atoms with Crippen LogP contribution >= 0.6 is 0 Å². The van der Waals surface area contributed by atoms with Gasteiger partial charge in [-0.1, -0.05) is 42.0 Å². The van der Waals surface area contributed by atoms with E-state index in [1.165, 1.54) is 16.5 Å². The number of amides is 1. The van der Waals surface area contributed by atoms with Gasteiger partial charge in [0.1, 0.15) is 0 Å². The molecule has 0 saturated carbocycles. The van der Waals surface area contributed by atoms with Crippen LogP contribution in [0.3, 0.4) is 0 Å². The summed E-state index contributed by atoms with van der Waals surface area (Å²) in [6, 6.07) is 16.5. The van der Waals surface area contributed by atoms with Crippen LogP contribution in [0.15, 0.2) is 54.7 Å². The second-order valence-corrected chi connectivity index (χ2v) is 5.66. The van der Waals surface area contributed by atoms with Crippen LogP contribution in [-0.2, 0) is 17.6 Å². The van der Waals surface area contributed by atoms with Crippen molar-refractivity contribution in [2.24, 2.45) is 0 Å². The fourth-order valence-corrected chi connectivity index (χ4v) is 2.55. The SMILES string of the molecule is Cc1ccc(CCNC(=O)Cc2ccc3cc[nH]c3c2)cc1. The van der Waals surface area contributed by atoms with Gasteiger partial charge in [-0.2, -0.15) is 0 Å². The van der Waals surface area contributed by atoms with Crippen LogP contribution in [-0.4, -0.2) is 17.4 Å². The minimum absolute atomic E-state index is 0.0676. The van der Waals surface area contributed by atoms with Gasteiger partial charge in [-0.05, 0) is 42.0 Å². The second kappa shape index (κ2) is 6.48. The van der Waals surface area contributed by atoms with E-state index in [-0.39, 0.29) is 5.91 Å². The van der Waals surface area contributed by atoms with Gasteiger partial charge in [-0.15, -0.1) is 0 Å². The van der Waals surface area contributed by atoms with Crippen molar-refractivity contribution in [2.45, 2.75) is 19.8 Å². The molecule has 112 valence electrons. The summed E-state index contributed by atoms with van der Waals surface area (Å²) in [6.45, 7) is 2.75. The summed E-state index contributed by atoms with van der Waals surface area (Å²) in [5.74, 6) is 0.0676. The summed E-state index contributed by atoms with van der Waals surface area (Å²) in [7, 11) is 0. The van der Waals surface area contributed by atoms with Crippen LogP contribution < -0.4 is 5.32 Å². The maximum Gasteiger partial charge on any atom is 0.224 e. The summed E-state index contributed by atoms with van der Waals surface area (Å²) >= 11 is 0. The summed E-state index contributed by atoms with van der Waals surface area (Å²) in [5, 5.41) is 4.16. The Bertz CT molecular complexity index is 771. The topological polar surface area (TPSA) is 44.9 Å². The zero-order valence-corrected chi connectivity index (χ0v) is 12.7. The number of rotatable bonds is 5. The van der Waals surface area contributed by atoms with Crippen LogP contribution in [0.5, 0.6) is 0 Å². The van der Waals surface area contributed by atoms with Gasteiger partial charge in [0.15, 0.2) is 0 Å². The Morgan fingerprint density at radius 2 is 1.82 bits per heavy atom. The van der Waals surface area contributed by atoms with Crippen molar-refractivity contribution in [2.75, 3.05) is 6.54 Å². The van der Waals surface area contributed by atoms with Crippen molar-refractivity contribution >= 4 is 16.8 Å². The monoisotopic (exact) mass is 292 g/mol. The molecule has 0 aliphatic carbocycles. The number of aromatic amines is 1. The summed E-state index contributed by atoms with van der Waals surface area (Å²) in [4.78, 5) is 15.2. The van der Waals surface area contributed by atoms with E-state index in [0.717, 1.165) is 17.5 Å². The smallest absolute Gasteiger partial charge is 0.224 e. The average Bonchev–Trinajstić information content (AvgIpc) is 2.97. The first-order valence-corrected chi connectivity index (χ1v) is 7.59. The lowest BCUT2D eigenvalue weighted by atomic mass is 10.1. The number of hydrogen-bond donors (Lipinski definition) is 2. The van der Waals surface area contributed by atoms with Gasteiger partial charge in [0, 0.05) is 18.3 Å². The first kappa shape index (κ1) is 14.4. The quantitative estimate of drug-likeness (QED) is 0.744. The molecule has 0 atom stereocenters. The molecule has 1 heterocycles. The van der Waals surface area contributed by atoms with Gasteiger partial charge in [0.25, 0.3) is 0 Å². The lowest BCUT2D eigenvalue weighted by Crippen LogP contribution is -2.27. The third-order valence-corrected chi connectivity index (χ3v) is 3.84. The van der Waals surface area contributed by atoms with Crippen molar-refractivity contribution in [3.8, 4) is 0 Å². The highest BCUT2D eigenvalue weighted by Crippen LogP contribution is 2.14. The molecule has 2 N–H and O–H groups in total. The summed E-state index contributed by atoms with van der Waals surface area (Å²) in [5.41, 5.74) is 4.61. The van der Waals surface area contributed by atoms with Crippen LogP contribution in [0, 0.1) is 6.92 Å². The number of aryl methyl sites for hydroxylation is 1. The molecule has 22 heavy (non-hydrogen) atoms. The molecule has 3 nitrogen and oxygen atoms in total. The van der Waals surface area contributed by atoms with Crippen LogP contribution in [0.1, 0.15) is 16.7 Å². The standard InChI is InChI=1S/C19H20N2O/c1-14-2-4-15(5-3-14)8-10-21-19(22)13-16-6-7-17-9-11-20-18(17)12-16/h2-7,9,11-12,20H,8,10,13H2,1H3,(H,21,22). The van der Waals surface area contributed by atoms with Crippen LogP contribution in [0.4, 0.5) is 0 Å². The van der Waals surface area contributed by atoms with Crippen LogP contribution in [0.25, 0.3) is 10.9 Å². The molecule has 0 bridgehead atoms. The van der Waals surface area contributed by atoms with Gasteiger partial charge in [0.2, 0.25) is 5.91 Å². The highest BCUT2D eigenvalue weighted by molar-refractivity contribution is 5.83. The Morgan fingerprint density at radius 3 is 2.64 bits per heavy atom. The van der Waals surface area contributed by atoms with E-state index in [4.69, 9.17) is 0 Å². The lowest BCUT2D eigenvalue weighted by Gasteiger charge is -2.06. The Kier molecular flexibility index (Phi) is 4.24. The molecule has 2 aromatic carbocycles. The first-order chi connectivity index (χ1) is 10.7. The Morgan fingerprint density at radius 1 is 1.05 bits per heavy atom. The molecule has 3 heteroatoms. The van der Waals surface area contributed by atoms with Crippen molar-refractivity contribution in [3.05, 3.63) is 71.4 Å². The number of carbonyl (C=O) groups is 1. The molecule has 0 radical (unpaired) electrons. The lowest BCUT2D eigenvalue weighted by molar-refractivity contribution is -0.120. The minimum atomic E-state index is 0.0676. The fourth-order valence-electron chi connectivity index (χ4n) is 2.55. The van der Waals surface area contributed by atoms with Crippen molar-refractivity contribution in [1.82, 2.24) is 10.3 Å². The number of benzene rings is 2. The van der Waals surface area contributed by atoms with Crippen molar-refractivity contribution in [3.63, 3.8) is 0 Å². The molecular weight excluding hydrogens is 272 g/mol. The van der Waals surface area contributed by atoms with Gasteiger partial charge < -0.3 is 10.3 Å². The summed E-state index contributed by atoms with van der Waals surface area (Å²) < 4.78 is 0. The molecule has 1 aromatic heterocycles. The van der Waals surface area contributed by atoms with Crippen molar-refractivity contribution in [1.29, 1.82) is 0 Å². The number of fused-ring (bicyclic) bond motifs is 1. The molecular formula is C19H20N2O. The number of carbonyl (C=O) groups excluding carboxylic acids is 1. The maximum absolute atomic E-state index is 12.0. The van der Waals surface area contributed by atoms with E-state index in [0.29, 0.717) is 13.0 Å². The van der Waals surface area contributed by atoms with Gasteiger partial charge in [-0.25, -0.2) is 0 Å². The zero-order valence-electron chi connectivity index (χ0n) is 12.7. The highest BCUT2D eigenvalue weighted by Gasteiger charge is 2.04. The average molecular weight is 292 g/mol. The molecule has 0 aliphatic heterocycles. The van der Waals surface area contributed by atoms with Gasteiger partial charge >= 0.3 is 0 Å². The van der Waals surface area contributed by atoms with E-state index in [1.54, 1.807) is 0 Å². The Balaban J connectivity index is 1.50. The van der Waals surface area contributed by atoms with E-state index < -0.39 is 0 Å². The molecule has 0 fully saturated rings. The molecule has 0 aliphatic rings.